The summed E-state index contributed by atoms with van der Waals surface area (Å²) in [5.74, 6) is 0.785. The number of nitrogens with one attached hydrogen (secondary N) is 2. The fraction of sp³-hybridized carbons (Fsp3) is 0.526. The molecular formula is C19H25N3O5. The maximum atomic E-state index is 12.5. The first-order valence-corrected chi connectivity index (χ1v) is 9.11. The predicted octanol–water partition coefficient (Wildman–Crippen LogP) is 1.57. The molecule has 146 valence electrons. The largest absolute Gasteiger partial charge is 0.493 e. The second-order valence-corrected chi connectivity index (χ2v) is 6.89. The van der Waals surface area contributed by atoms with Crippen LogP contribution in [0, 0.1) is 0 Å². The fourth-order valence-electron chi connectivity index (χ4n) is 3.69. The van der Waals surface area contributed by atoms with Crippen molar-refractivity contribution in [1.82, 2.24) is 15.5 Å². The molecular weight excluding hydrogens is 350 g/mol. The number of nitrogens with zero attached hydrogens (tertiary/aromatic N) is 1. The third-order valence-electron chi connectivity index (χ3n) is 5.20. The number of rotatable bonds is 7. The van der Waals surface area contributed by atoms with Crippen molar-refractivity contribution in [3.05, 3.63) is 23.8 Å². The summed E-state index contributed by atoms with van der Waals surface area (Å²) in [5, 5.41) is 5.61. The van der Waals surface area contributed by atoms with Gasteiger partial charge in [-0.15, -0.1) is 0 Å². The van der Waals surface area contributed by atoms with Crippen LogP contribution in [0.5, 0.6) is 11.5 Å². The number of imide groups is 1. The zero-order chi connectivity index (χ0) is 19.4. The summed E-state index contributed by atoms with van der Waals surface area (Å²) in [5.41, 5.74) is 0.133. The predicted molar refractivity (Wildman–Crippen MR) is 97.5 cm³/mol. The monoisotopic (exact) mass is 375 g/mol. The van der Waals surface area contributed by atoms with Crippen molar-refractivity contribution >= 4 is 17.8 Å². The van der Waals surface area contributed by atoms with E-state index in [1.165, 1.54) is 4.90 Å². The molecule has 0 atom stereocenters. The lowest BCUT2D eigenvalue weighted by Gasteiger charge is -2.19. The summed E-state index contributed by atoms with van der Waals surface area (Å²) in [4.78, 5) is 38.0. The third kappa shape index (κ3) is 3.84. The van der Waals surface area contributed by atoms with E-state index in [-0.39, 0.29) is 24.8 Å². The number of carbonyl (C=O) groups is 3. The lowest BCUT2D eigenvalue weighted by molar-refractivity contribution is -0.131. The van der Waals surface area contributed by atoms with Crippen LogP contribution in [-0.2, 0) is 16.1 Å². The maximum absolute atomic E-state index is 12.5. The van der Waals surface area contributed by atoms with Gasteiger partial charge < -0.3 is 20.1 Å². The van der Waals surface area contributed by atoms with Crippen LogP contribution in [0.1, 0.15) is 37.7 Å². The van der Waals surface area contributed by atoms with Crippen molar-refractivity contribution in [2.45, 2.75) is 44.2 Å². The number of hydrogen-bond acceptors (Lipinski definition) is 5. The van der Waals surface area contributed by atoms with Crippen molar-refractivity contribution in [2.75, 3.05) is 20.8 Å². The van der Waals surface area contributed by atoms with E-state index in [0.29, 0.717) is 30.9 Å². The van der Waals surface area contributed by atoms with Gasteiger partial charge in [0, 0.05) is 19.5 Å². The lowest BCUT2D eigenvalue weighted by atomic mass is 9.98. The summed E-state index contributed by atoms with van der Waals surface area (Å²) < 4.78 is 10.4. The summed E-state index contributed by atoms with van der Waals surface area (Å²) in [6.07, 6.45) is 3.30. The van der Waals surface area contributed by atoms with Crippen molar-refractivity contribution in [2.24, 2.45) is 0 Å². The van der Waals surface area contributed by atoms with Crippen LogP contribution in [0.15, 0.2) is 18.2 Å². The molecule has 27 heavy (non-hydrogen) atoms. The minimum absolute atomic E-state index is 0.0720. The molecule has 1 spiro atoms. The fourth-order valence-corrected chi connectivity index (χ4v) is 3.69. The molecule has 1 saturated heterocycles. The number of hydrogen-bond donors (Lipinski definition) is 2. The summed E-state index contributed by atoms with van der Waals surface area (Å²) in [6.45, 7) is 0.410. The number of urea groups is 1. The van der Waals surface area contributed by atoms with Gasteiger partial charge in [0.1, 0.15) is 5.54 Å². The molecule has 3 rings (SSSR count). The normalized spacial score (nSPS) is 17.9. The quantitative estimate of drug-likeness (QED) is 0.705. The van der Waals surface area contributed by atoms with Crippen LogP contribution in [0.2, 0.25) is 0 Å². The average molecular weight is 375 g/mol. The van der Waals surface area contributed by atoms with Crippen LogP contribution >= 0.6 is 0 Å². The van der Waals surface area contributed by atoms with E-state index in [0.717, 1.165) is 18.4 Å². The number of carbonyl (C=O) groups excluding carboxylic acids is 3. The standard InChI is InChI=1S/C19H25N3O5/c1-26-14-6-5-13(11-15(14)27-2)12-20-16(23)7-10-22-17(24)19(21-18(22)25)8-3-4-9-19/h5-6,11H,3-4,7-10,12H2,1-2H3,(H,20,23)(H,21,25). The molecule has 2 N–H and O–H groups in total. The zero-order valence-electron chi connectivity index (χ0n) is 15.7. The van der Waals surface area contributed by atoms with Crippen molar-refractivity contribution in [1.29, 1.82) is 0 Å². The van der Waals surface area contributed by atoms with E-state index < -0.39 is 11.6 Å². The van der Waals surface area contributed by atoms with Crippen LogP contribution in [0.4, 0.5) is 4.79 Å². The number of amides is 4. The molecule has 1 heterocycles. The summed E-state index contributed by atoms with van der Waals surface area (Å²) in [6, 6.07) is 5.01. The molecule has 0 unspecified atom stereocenters. The highest BCUT2D eigenvalue weighted by Gasteiger charge is 2.52. The Morgan fingerprint density at radius 3 is 2.56 bits per heavy atom. The Bertz CT molecular complexity index is 743. The van der Waals surface area contributed by atoms with Gasteiger partial charge in [-0.25, -0.2) is 4.79 Å². The van der Waals surface area contributed by atoms with Crippen LogP contribution < -0.4 is 20.1 Å². The van der Waals surface area contributed by atoms with Crippen molar-refractivity contribution in [3.8, 4) is 11.5 Å². The maximum Gasteiger partial charge on any atom is 0.325 e. The van der Waals surface area contributed by atoms with E-state index >= 15 is 0 Å². The smallest absolute Gasteiger partial charge is 0.325 e. The Labute approximate surface area is 158 Å². The van der Waals surface area contributed by atoms with E-state index in [2.05, 4.69) is 10.6 Å². The third-order valence-corrected chi connectivity index (χ3v) is 5.20. The van der Waals surface area contributed by atoms with E-state index in [1.54, 1.807) is 26.4 Å². The van der Waals surface area contributed by atoms with E-state index in [4.69, 9.17) is 9.47 Å². The van der Waals surface area contributed by atoms with Crippen LogP contribution in [0.3, 0.4) is 0 Å². The molecule has 8 nitrogen and oxygen atoms in total. The first-order chi connectivity index (χ1) is 13.0. The van der Waals surface area contributed by atoms with Gasteiger partial charge in [0.15, 0.2) is 11.5 Å². The van der Waals surface area contributed by atoms with Crippen molar-refractivity contribution in [3.63, 3.8) is 0 Å². The van der Waals surface area contributed by atoms with Gasteiger partial charge in [-0.2, -0.15) is 0 Å². The van der Waals surface area contributed by atoms with Crippen LogP contribution in [-0.4, -0.2) is 49.0 Å². The molecule has 1 aliphatic heterocycles. The van der Waals surface area contributed by atoms with Gasteiger partial charge in [-0.1, -0.05) is 18.9 Å². The second-order valence-electron chi connectivity index (χ2n) is 6.89. The minimum atomic E-state index is -0.729. The van der Waals surface area contributed by atoms with E-state index in [1.807, 2.05) is 6.07 Å². The topological polar surface area (TPSA) is 97.0 Å². The van der Waals surface area contributed by atoms with Gasteiger partial charge in [-0.3, -0.25) is 14.5 Å². The van der Waals surface area contributed by atoms with Gasteiger partial charge >= 0.3 is 6.03 Å². The lowest BCUT2D eigenvalue weighted by Crippen LogP contribution is -2.44. The SMILES string of the molecule is COc1ccc(CNC(=O)CCN2C(=O)NC3(CCCC3)C2=O)cc1OC. The number of ether oxygens (including phenoxy) is 2. The molecule has 0 radical (unpaired) electrons. The average Bonchev–Trinajstić information content (AvgIpc) is 3.23. The first-order valence-electron chi connectivity index (χ1n) is 9.11. The summed E-state index contributed by atoms with van der Waals surface area (Å²) in [7, 11) is 3.11. The molecule has 1 aromatic rings. The van der Waals surface area contributed by atoms with Gasteiger partial charge in [0.05, 0.1) is 14.2 Å². The first kappa shape index (κ1) is 19.0. The Kier molecular flexibility index (Phi) is 5.53. The van der Waals surface area contributed by atoms with Gasteiger partial charge in [-0.05, 0) is 30.5 Å². The Hall–Kier alpha value is -2.77. The molecule has 1 saturated carbocycles. The van der Waals surface area contributed by atoms with Gasteiger partial charge in [0.2, 0.25) is 5.91 Å². The molecule has 2 fully saturated rings. The van der Waals surface area contributed by atoms with Gasteiger partial charge in [0.25, 0.3) is 5.91 Å². The highest BCUT2D eigenvalue weighted by molar-refractivity contribution is 6.07. The molecule has 8 heteroatoms. The number of benzene rings is 1. The zero-order valence-corrected chi connectivity index (χ0v) is 15.7. The molecule has 0 bridgehead atoms. The number of methoxy groups -OCH3 is 2. The Morgan fingerprint density at radius 2 is 1.89 bits per heavy atom. The second kappa shape index (κ2) is 7.85. The summed E-state index contributed by atoms with van der Waals surface area (Å²) >= 11 is 0. The highest BCUT2D eigenvalue weighted by Crippen LogP contribution is 2.35. The molecule has 4 amide bonds. The minimum Gasteiger partial charge on any atom is -0.493 e. The molecule has 1 aromatic carbocycles. The Balaban J connectivity index is 1.50. The highest BCUT2D eigenvalue weighted by atomic mass is 16.5. The molecule has 2 aliphatic rings. The Morgan fingerprint density at radius 1 is 1.19 bits per heavy atom. The van der Waals surface area contributed by atoms with Crippen molar-refractivity contribution < 1.29 is 23.9 Å². The molecule has 0 aromatic heterocycles. The van der Waals surface area contributed by atoms with Crippen LogP contribution in [0.25, 0.3) is 0 Å². The molecule has 1 aliphatic carbocycles. The van der Waals surface area contributed by atoms with E-state index in [9.17, 15) is 14.4 Å².